The number of hydrogen-bond acceptors (Lipinski definition) is 4. The molecule has 0 saturated heterocycles. The predicted octanol–water partition coefficient (Wildman–Crippen LogP) is 0.322. The number of nitrogens with zero attached hydrogens (tertiary/aromatic N) is 1. The first kappa shape index (κ1) is 14.9. The van der Waals surface area contributed by atoms with Crippen molar-refractivity contribution in [2.24, 2.45) is 7.05 Å². The van der Waals surface area contributed by atoms with Crippen LogP contribution in [0.25, 0.3) is 0 Å². The Morgan fingerprint density at radius 2 is 2.28 bits per heavy atom. The van der Waals surface area contributed by atoms with E-state index in [0.717, 1.165) is 0 Å². The summed E-state index contributed by atoms with van der Waals surface area (Å²) in [5.74, 6) is -0.170. The molecule has 0 radical (unpaired) electrons. The van der Waals surface area contributed by atoms with Crippen molar-refractivity contribution < 1.29 is 9.53 Å². The van der Waals surface area contributed by atoms with E-state index < -0.39 is 0 Å². The van der Waals surface area contributed by atoms with E-state index in [4.69, 9.17) is 4.74 Å². The maximum Gasteiger partial charge on any atom is 0.264 e. The summed E-state index contributed by atoms with van der Waals surface area (Å²) in [6, 6.07) is 1.58. The Morgan fingerprint density at radius 3 is 2.89 bits per heavy atom. The molecule has 0 bridgehead atoms. The number of anilines is 1. The number of aryl methyl sites for hydroxylation is 1. The quantitative estimate of drug-likeness (QED) is 0.741. The van der Waals surface area contributed by atoms with Crippen molar-refractivity contribution in [2.75, 3.05) is 32.1 Å². The van der Waals surface area contributed by atoms with Gasteiger partial charge in [-0.2, -0.15) is 0 Å². The Hall–Kier alpha value is -1.18. The normalized spacial score (nSPS) is 10.4. The Balaban J connectivity index is 2.52. The zero-order chi connectivity index (χ0) is 13.5. The van der Waals surface area contributed by atoms with Crippen molar-refractivity contribution in [3.05, 3.63) is 27.1 Å². The highest BCUT2D eigenvalue weighted by molar-refractivity contribution is 9.10. The maximum atomic E-state index is 11.6. The molecule has 0 unspecified atom stereocenters. The van der Waals surface area contributed by atoms with E-state index in [9.17, 15) is 9.59 Å². The molecular formula is C11H16BrN3O3. The third-order valence-electron chi connectivity index (χ3n) is 2.19. The number of carbonyl (C=O) groups is 1. The number of nitrogens with one attached hydrogen (secondary N) is 2. The van der Waals surface area contributed by atoms with Crippen LogP contribution < -0.4 is 16.2 Å². The van der Waals surface area contributed by atoms with E-state index >= 15 is 0 Å². The van der Waals surface area contributed by atoms with Gasteiger partial charge in [-0.1, -0.05) is 0 Å². The van der Waals surface area contributed by atoms with Crippen LogP contribution in [0, 0.1) is 0 Å². The first-order valence-corrected chi connectivity index (χ1v) is 6.19. The molecule has 0 atom stereocenters. The highest BCUT2D eigenvalue weighted by Crippen LogP contribution is 2.10. The molecule has 1 aromatic rings. The molecule has 0 aliphatic heterocycles. The number of ether oxygens (including phenoxy) is 1. The van der Waals surface area contributed by atoms with Crippen molar-refractivity contribution in [1.82, 2.24) is 9.88 Å². The number of aromatic nitrogens is 1. The van der Waals surface area contributed by atoms with Crippen LogP contribution in [0.5, 0.6) is 0 Å². The molecule has 1 aromatic heterocycles. The lowest BCUT2D eigenvalue weighted by Gasteiger charge is -2.08. The minimum absolute atomic E-state index is 0.147. The lowest BCUT2D eigenvalue weighted by atomic mass is 10.4. The molecule has 7 heteroatoms. The molecule has 18 heavy (non-hydrogen) atoms. The number of pyridine rings is 1. The van der Waals surface area contributed by atoms with Crippen molar-refractivity contribution in [1.29, 1.82) is 0 Å². The molecule has 1 heterocycles. The lowest BCUT2D eigenvalue weighted by molar-refractivity contribution is -0.115. The molecule has 2 N–H and O–H groups in total. The van der Waals surface area contributed by atoms with Crippen LogP contribution in [-0.4, -0.2) is 37.3 Å². The van der Waals surface area contributed by atoms with Gasteiger partial charge in [0.15, 0.2) is 0 Å². The minimum atomic E-state index is -0.170. The maximum absolute atomic E-state index is 11.6. The number of carbonyl (C=O) groups excluding carboxylic acids is 1. The summed E-state index contributed by atoms with van der Waals surface area (Å²) >= 11 is 3.14. The fourth-order valence-corrected chi connectivity index (χ4v) is 1.85. The lowest BCUT2D eigenvalue weighted by Crippen LogP contribution is -2.30. The summed E-state index contributed by atoms with van der Waals surface area (Å²) in [7, 11) is 3.23. The molecule has 1 rings (SSSR count). The van der Waals surface area contributed by atoms with Gasteiger partial charge in [0, 0.05) is 26.9 Å². The molecule has 100 valence electrons. The van der Waals surface area contributed by atoms with Gasteiger partial charge in [0.05, 0.1) is 23.3 Å². The van der Waals surface area contributed by atoms with Gasteiger partial charge in [-0.05, 0) is 22.0 Å². The van der Waals surface area contributed by atoms with Crippen molar-refractivity contribution in [2.45, 2.75) is 0 Å². The molecule has 0 aromatic carbocycles. The van der Waals surface area contributed by atoms with Crippen LogP contribution in [0.2, 0.25) is 0 Å². The van der Waals surface area contributed by atoms with E-state index in [1.807, 2.05) is 0 Å². The summed E-state index contributed by atoms with van der Waals surface area (Å²) in [4.78, 5) is 23.0. The number of methoxy groups -OCH3 is 1. The van der Waals surface area contributed by atoms with Gasteiger partial charge in [-0.25, -0.2) is 0 Å². The Morgan fingerprint density at radius 1 is 1.56 bits per heavy atom. The molecule has 0 aliphatic carbocycles. The number of amides is 1. The van der Waals surface area contributed by atoms with Gasteiger partial charge in [0.25, 0.3) is 5.56 Å². The van der Waals surface area contributed by atoms with Crippen molar-refractivity contribution in [3.63, 3.8) is 0 Å². The third kappa shape index (κ3) is 4.59. The number of hydrogen-bond donors (Lipinski definition) is 2. The topological polar surface area (TPSA) is 72.4 Å². The van der Waals surface area contributed by atoms with Crippen LogP contribution in [0.4, 0.5) is 5.69 Å². The zero-order valence-electron chi connectivity index (χ0n) is 10.3. The molecule has 1 amide bonds. The van der Waals surface area contributed by atoms with Gasteiger partial charge >= 0.3 is 0 Å². The van der Waals surface area contributed by atoms with Crippen molar-refractivity contribution in [3.8, 4) is 0 Å². The summed E-state index contributed by atoms with van der Waals surface area (Å²) in [6.07, 6.45) is 1.57. The SMILES string of the molecule is COCCNCC(=O)Nc1cc(Br)c(=O)n(C)c1. The molecule has 0 aliphatic rings. The first-order chi connectivity index (χ1) is 8.54. The monoisotopic (exact) mass is 317 g/mol. The van der Waals surface area contributed by atoms with Gasteiger partial charge in [0.2, 0.25) is 5.91 Å². The van der Waals surface area contributed by atoms with Crippen LogP contribution in [0.15, 0.2) is 21.5 Å². The number of halogens is 1. The van der Waals surface area contributed by atoms with Gasteiger partial charge < -0.3 is 19.9 Å². The van der Waals surface area contributed by atoms with Gasteiger partial charge in [-0.3, -0.25) is 9.59 Å². The van der Waals surface area contributed by atoms with E-state index in [0.29, 0.717) is 23.3 Å². The largest absolute Gasteiger partial charge is 0.383 e. The van der Waals surface area contributed by atoms with E-state index in [2.05, 4.69) is 26.6 Å². The molecule has 0 saturated carbocycles. The summed E-state index contributed by atoms with van der Waals surface area (Å²) in [5, 5.41) is 5.63. The summed E-state index contributed by atoms with van der Waals surface area (Å²) < 4.78 is 6.66. The second-order valence-electron chi connectivity index (χ2n) is 3.71. The van der Waals surface area contributed by atoms with Crippen LogP contribution in [-0.2, 0) is 16.6 Å². The second kappa shape index (κ2) is 7.30. The van der Waals surface area contributed by atoms with Crippen LogP contribution in [0.1, 0.15) is 0 Å². The number of rotatable bonds is 6. The minimum Gasteiger partial charge on any atom is -0.383 e. The average Bonchev–Trinajstić information content (AvgIpc) is 2.31. The fourth-order valence-electron chi connectivity index (χ4n) is 1.32. The first-order valence-electron chi connectivity index (χ1n) is 5.40. The second-order valence-corrected chi connectivity index (χ2v) is 4.56. The average molecular weight is 318 g/mol. The van der Waals surface area contributed by atoms with Crippen molar-refractivity contribution >= 4 is 27.5 Å². The molecular weight excluding hydrogens is 302 g/mol. The van der Waals surface area contributed by atoms with Gasteiger partial charge in [-0.15, -0.1) is 0 Å². The van der Waals surface area contributed by atoms with Crippen LogP contribution >= 0.6 is 15.9 Å². The molecule has 6 nitrogen and oxygen atoms in total. The highest BCUT2D eigenvalue weighted by atomic mass is 79.9. The van der Waals surface area contributed by atoms with Crippen LogP contribution in [0.3, 0.4) is 0 Å². The summed E-state index contributed by atoms with van der Waals surface area (Å²) in [5.41, 5.74) is 0.425. The molecule has 0 spiro atoms. The Labute approximate surface area is 113 Å². The predicted molar refractivity (Wildman–Crippen MR) is 72.8 cm³/mol. The molecule has 0 fully saturated rings. The Bertz CT molecular complexity index is 447. The third-order valence-corrected chi connectivity index (χ3v) is 2.76. The zero-order valence-corrected chi connectivity index (χ0v) is 11.9. The summed E-state index contributed by atoms with van der Waals surface area (Å²) in [6.45, 7) is 1.36. The standard InChI is InChI=1S/C11H16BrN3O3/c1-15-7-8(5-9(12)11(15)17)14-10(16)6-13-3-4-18-2/h5,7,13H,3-4,6H2,1-2H3,(H,14,16). The van der Waals surface area contributed by atoms with E-state index in [-0.39, 0.29) is 18.0 Å². The smallest absolute Gasteiger partial charge is 0.264 e. The van der Waals surface area contributed by atoms with E-state index in [1.54, 1.807) is 26.4 Å². The van der Waals surface area contributed by atoms with E-state index in [1.165, 1.54) is 4.57 Å². The fraction of sp³-hybridized carbons (Fsp3) is 0.455. The Kier molecular flexibility index (Phi) is 6.03. The van der Waals surface area contributed by atoms with Gasteiger partial charge in [0.1, 0.15) is 0 Å². The highest BCUT2D eigenvalue weighted by Gasteiger charge is 2.05.